The molecule has 2 rings (SSSR count). The number of amides is 3. The van der Waals surface area contributed by atoms with Crippen LogP contribution in [0.15, 0.2) is 6.07 Å². The fourth-order valence-electron chi connectivity index (χ4n) is 3.90. The Hall–Kier alpha value is -3.32. The zero-order valence-corrected chi connectivity index (χ0v) is 22.8. The van der Waals surface area contributed by atoms with Crippen LogP contribution < -0.4 is 20.8 Å². The van der Waals surface area contributed by atoms with E-state index in [2.05, 4.69) is 26.3 Å². The minimum absolute atomic E-state index is 0.0366. The van der Waals surface area contributed by atoms with Gasteiger partial charge in [0, 0.05) is 37.7 Å². The van der Waals surface area contributed by atoms with Crippen molar-refractivity contribution in [3.8, 4) is 5.88 Å². The molecule has 2 heterocycles. The molecular weight excluding hydrogens is 496 g/mol. The number of aromatic amines is 1. The Morgan fingerprint density at radius 3 is 2.53 bits per heavy atom. The normalized spacial score (nSPS) is 16.3. The molecule has 2 atom stereocenters. The van der Waals surface area contributed by atoms with E-state index in [0.29, 0.717) is 25.8 Å². The van der Waals surface area contributed by atoms with Crippen molar-refractivity contribution in [3.05, 3.63) is 11.8 Å². The van der Waals surface area contributed by atoms with Gasteiger partial charge in [-0.05, 0) is 31.6 Å². The lowest BCUT2D eigenvalue weighted by atomic mass is 9.98. The number of nitrogens with one attached hydrogen (secondary N) is 4. The van der Waals surface area contributed by atoms with Gasteiger partial charge >= 0.3 is 5.97 Å². The molecule has 38 heavy (non-hydrogen) atoms. The van der Waals surface area contributed by atoms with E-state index in [9.17, 15) is 24.0 Å². The number of carbonyl (C=O) groups excluding carboxylic acids is 5. The van der Waals surface area contributed by atoms with Gasteiger partial charge < -0.3 is 20.1 Å². The highest BCUT2D eigenvalue weighted by molar-refractivity contribution is 5.93. The first kappa shape index (κ1) is 30.9. The molecule has 212 valence electrons. The molecular formula is C25H40N6O7. The van der Waals surface area contributed by atoms with Gasteiger partial charge in [-0.3, -0.25) is 29.3 Å². The summed E-state index contributed by atoms with van der Waals surface area (Å²) >= 11 is 0. The third-order valence-corrected chi connectivity index (χ3v) is 5.75. The second-order valence-electron chi connectivity index (χ2n) is 10.1. The topological polar surface area (TPSA) is 172 Å². The van der Waals surface area contributed by atoms with Crippen LogP contribution in [0.3, 0.4) is 0 Å². The van der Waals surface area contributed by atoms with E-state index >= 15 is 0 Å². The van der Waals surface area contributed by atoms with Crippen LogP contribution in [-0.2, 0) is 28.7 Å². The lowest BCUT2D eigenvalue weighted by Gasteiger charge is -2.36. The third kappa shape index (κ3) is 10.2. The standard InChI is InChI=1S/C25H40N6O7/c1-15(2)11-20(33)26-10-8-22(34)31-18(7-6-9-27-31)25(36)28-24(16(3)4)19(32)13-37-14-23(35)38-21-12-17(5)29-30-21/h12,15-16,18,24,27H,6-11,13-14H2,1-5H3,(H,26,33)(H,28,36)(H,29,30)/t18-,24-/m0/s1. The number of nitrogens with zero attached hydrogens (tertiary/aromatic N) is 2. The number of esters is 1. The summed E-state index contributed by atoms with van der Waals surface area (Å²) in [5.41, 5.74) is 3.69. The number of ketones is 1. The molecule has 4 N–H and O–H groups in total. The van der Waals surface area contributed by atoms with Gasteiger partial charge in [0.1, 0.15) is 19.3 Å². The molecule has 0 saturated carbocycles. The highest BCUT2D eigenvalue weighted by Gasteiger charge is 2.35. The van der Waals surface area contributed by atoms with Crippen molar-refractivity contribution in [2.75, 3.05) is 26.3 Å². The highest BCUT2D eigenvalue weighted by Crippen LogP contribution is 2.14. The molecule has 0 aliphatic carbocycles. The first-order valence-corrected chi connectivity index (χ1v) is 12.9. The molecule has 1 fully saturated rings. The second-order valence-corrected chi connectivity index (χ2v) is 10.1. The number of H-pyrrole nitrogens is 1. The molecule has 1 aromatic rings. The molecule has 1 aliphatic heterocycles. The summed E-state index contributed by atoms with van der Waals surface area (Å²) in [7, 11) is 0. The van der Waals surface area contributed by atoms with Gasteiger partial charge in [-0.15, -0.1) is 5.10 Å². The predicted octanol–water partition coefficient (Wildman–Crippen LogP) is 0.398. The summed E-state index contributed by atoms with van der Waals surface area (Å²) < 4.78 is 10.2. The van der Waals surface area contributed by atoms with Crippen LogP contribution >= 0.6 is 0 Å². The van der Waals surface area contributed by atoms with Crippen LogP contribution in [0.4, 0.5) is 0 Å². The molecule has 1 aliphatic rings. The smallest absolute Gasteiger partial charge is 0.338 e. The van der Waals surface area contributed by atoms with E-state index in [-0.39, 0.29) is 42.5 Å². The van der Waals surface area contributed by atoms with Crippen molar-refractivity contribution in [3.63, 3.8) is 0 Å². The van der Waals surface area contributed by atoms with E-state index in [0.717, 1.165) is 5.69 Å². The number of rotatable bonds is 14. The Kier molecular flexibility index (Phi) is 12.3. The number of carbonyl (C=O) groups is 5. The van der Waals surface area contributed by atoms with Crippen LogP contribution in [-0.4, -0.2) is 83.1 Å². The first-order chi connectivity index (χ1) is 18.0. The molecule has 0 bridgehead atoms. The molecule has 1 aromatic heterocycles. The highest BCUT2D eigenvalue weighted by atomic mass is 16.6. The summed E-state index contributed by atoms with van der Waals surface area (Å²) in [6, 6.07) is -0.128. The van der Waals surface area contributed by atoms with Crippen LogP contribution in [0.5, 0.6) is 5.88 Å². The fraction of sp³-hybridized carbons (Fsp3) is 0.680. The minimum atomic E-state index is -0.873. The average molecular weight is 537 g/mol. The summed E-state index contributed by atoms with van der Waals surface area (Å²) in [6.07, 6.45) is 1.52. The largest absolute Gasteiger partial charge is 0.404 e. The molecule has 3 amide bonds. The first-order valence-electron chi connectivity index (χ1n) is 12.9. The van der Waals surface area contributed by atoms with Crippen molar-refractivity contribution < 1.29 is 33.4 Å². The maximum Gasteiger partial charge on any atom is 0.338 e. The minimum Gasteiger partial charge on any atom is -0.404 e. The molecule has 13 heteroatoms. The lowest BCUT2D eigenvalue weighted by molar-refractivity contribution is -0.147. The van der Waals surface area contributed by atoms with Crippen molar-refractivity contribution in [2.45, 2.75) is 72.4 Å². The van der Waals surface area contributed by atoms with E-state index < -0.39 is 43.0 Å². The van der Waals surface area contributed by atoms with Crippen molar-refractivity contribution in [2.24, 2.45) is 11.8 Å². The lowest BCUT2D eigenvalue weighted by Crippen LogP contribution is -2.61. The quantitative estimate of drug-likeness (QED) is 0.246. The Balaban J connectivity index is 1.86. The van der Waals surface area contributed by atoms with Crippen molar-refractivity contribution in [1.82, 2.24) is 31.3 Å². The number of ether oxygens (including phenoxy) is 2. The summed E-state index contributed by atoms with van der Waals surface area (Å²) in [5.74, 6) is -1.98. The van der Waals surface area contributed by atoms with Crippen LogP contribution in [0.1, 0.15) is 59.1 Å². The zero-order valence-electron chi connectivity index (χ0n) is 22.8. The van der Waals surface area contributed by atoms with Gasteiger partial charge in [0.05, 0.1) is 6.04 Å². The number of hydrogen-bond donors (Lipinski definition) is 4. The van der Waals surface area contributed by atoms with Gasteiger partial charge in [-0.25, -0.2) is 10.2 Å². The third-order valence-electron chi connectivity index (χ3n) is 5.75. The van der Waals surface area contributed by atoms with Gasteiger partial charge in [-0.1, -0.05) is 27.7 Å². The zero-order chi connectivity index (χ0) is 28.2. The molecule has 0 aromatic carbocycles. The second kappa shape index (κ2) is 15.2. The predicted molar refractivity (Wildman–Crippen MR) is 137 cm³/mol. The van der Waals surface area contributed by atoms with E-state index in [1.54, 1.807) is 26.8 Å². The van der Waals surface area contributed by atoms with Gasteiger partial charge in [0.15, 0.2) is 5.78 Å². The van der Waals surface area contributed by atoms with Gasteiger partial charge in [-0.2, -0.15) is 0 Å². The summed E-state index contributed by atoms with van der Waals surface area (Å²) in [5, 5.41) is 13.2. The maximum absolute atomic E-state index is 13.1. The van der Waals surface area contributed by atoms with E-state index in [1.807, 2.05) is 13.8 Å². The van der Waals surface area contributed by atoms with E-state index in [1.165, 1.54) is 5.01 Å². The SMILES string of the molecule is Cc1cc(OC(=O)COCC(=O)[C@@H](NC(=O)[C@@H]2CCCNN2C(=O)CCNC(=O)CC(C)C)C(C)C)n[nH]1. The molecule has 0 spiro atoms. The van der Waals surface area contributed by atoms with Gasteiger partial charge in [0.2, 0.25) is 23.6 Å². The Morgan fingerprint density at radius 2 is 1.89 bits per heavy atom. The summed E-state index contributed by atoms with van der Waals surface area (Å²) in [6.45, 7) is 9.02. The average Bonchev–Trinajstić information content (AvgIpc) is 3.25. The number of Topliss-reactive ketones (excluding diaryl/α,β-unsaturated/α-hetero) is 1. The monoisotopic (exact) mass is 536 g/mol. The Morgan fingerprint density at radius 1 is 1.16 bits per heavy atom. The number of hydrogen-bond acceptors (Lipinski definition) is 9. The van der Waals surface area contributed by atoms with Crippen LogP contribution in [0, 0.1) is 18.8 Å². The van der Waals surface area contributed by atoms with Gasteiger partial charge in [0.25, 0.3) is 0 Å². The number of aromatic nitrogens is 2. The summed E-state index contributed by atoms with van der Waals surface area (Å²) in [4.78, 5) is 62.5. The van der Waals surface area contributed by atoms with Crippen molar-refractivity contribution >= 4 is 29.5 Å². The fourth-order valence-corrected chi connectivity index (χ4v) is 3.90. The van der Waals surface area contributed by atoms with Crippen LogP contribution in [0.25, 0.3) is 0 Å². The Bertz CT molecular complexity index is 977. The van der Waals surface area contributed by atoms with E-state index in [4.69, 9.17) is 9.47 Å². The van der Waals surface area contributed by atoms with Crippen LogP contribution in [0.2, 0.25) is 0 Å². The maximum atomic E-state index is 13.1. The Labute approximate surface area is 222 Å². The number of aryl methyl sites for hydroxylation is 1. The van der Waals surface area contributed by atoms with Crippen molar-refractivity contribution in [1.29, 1.82) is 0 Å². The molecule has 0 radical (unpaired) electrons. The molecule has 1 saturated heterocycles. The molecule has 13 nitrogen and oxygen atoms in total. The number of hydrazine groups is 1. The molecule has 0 unspecified atom stereocenters.